The third kappa shape index (κ3) is 4.19. The first kappa shape index (κ1) is 13.7. The molecule has 1 amide bonds. The van der Waals surface area contributed by atoms with E-state index in [1.54, 1.807) is 12.1 Å². The Morgan fingerprint density at radius 3 is 2.76 bits per heavy atom. The van der Waals surface area contributed by atoms with E-state index in [4.69, 9.17) is 5.73 Å². The van der Waals surface area contributed by atoms with Crippen molar-refractivity contribution in [1.82, 2.24) is 5.32 Å². The van der Waals surface area contributed by atoms with Gasteiger partial charge in [0, 0.05) is 34.5 Å². The molecule has 0 spiro atoms. The normalized spacial score (nSPS) is 12.1. The Labute approximate surface area is 104 Å². The lowest BCUT2D eigenvalue weighted by atomic mass is 10.1. The average molecular weight is 254 g/mol. The lowest BCUT2D eigenvalue weighted by Gasteiger charge is -2.07. The minimum Gasteiger partial charge on any atom is -0.398 e. The predicted molar refractivity (Wildman–Crippen MR) is 71.5 cm³/mol. The lowest BCUT2D eigenvalue weighted by molar-refractivity contribution is 0.0957. The molecule has 0 aliphatic carbocycles. The molecule has 0 fully saturated rings. The summed E-state index contributed by atoms with van der Waals surface area (Å²) >= 11 is 0. The number of amides is 1. The van der Waals surface area contributed by atoms with Gasteiger partial charge in [-0.05, 0) is 24.6 Å². The number of anilines is 1. The zero-order chi connectivity index (χ0) is 12.8. The summed E-state index contributed by atoms with van der Waals surface area (Å²) in [4.78, 5) is 11.8. The fourth-order valence-corrected chi connectivity index (χ4v) is 2.03. The smallest absolute Gasteiger partial charge is 0.253 e. The van der Waals surface area contributed by atoms with Gasteiger partial charge in [0.1, 0.15) is 0 Å². The van der Waals surface area contributed by atoms with Gasteiger partial charge in [-0.1, -0.05) is 13.0 Å². The fraction of sp³-hybridized carbons (Fsp3) is 0.417. The van der Waals surface area contributed by atoms with Crippen molar-refractivity contribution in [2.45, 2.75) is 13.8 Å². The minimum absolute atomic E-state index is 0.212. The number of benzene rings is 1. The Hall–Kier alpha value is -1.36. The summed E-state index contributed by atoms with van der Waals surface area (Å²) < 4.78 is 11.2. The van der Waals surface area contributed by atoms with E-state index < -0.39 is 10.8 Å². The van der Waals surface area contributed by atoms with Crippen LogP contribution in [-0.2, 0) is 10.8 Å². The van der Waals surface area contributed by atoms with Gasteiger partial charge < -0.3 is 11.1 Å². The van der Waals surface area contributed by atoms with Gasteiger partial charge in [0.05, 0.1) is 5.56 Å². The zero-order valence-corrected chi connectivity index (χ0v) is 11.0. The molecule has 17 heavy (non-hydrogen) atoms. The molecule has 1 atom stereocenters. The summed E-state index contributed by atoms with van der Waals surface area (Å²) in [5.74, 6) is 0.881. The summed E-state index contributed by atoms with van der Waals surface area (Å²) in [6.07, 6.45) is 0. The highest BCUT2D eigenvalue weighted by atomic mass is 32.2. The van der Waals surface area contributed by atoms with E-state index >= 15 is 0 Å². The molecule has 0 saturated carbocycles. The van der Waals surface area contributed by atoms with Gasteiger partial charge in [0.15, 0.2) is 0 Å². The Bertz CT molecular complexity index is 433. The molecular formula is C12H18N2O2S. The van der Waals surface area contributed by atoms with Crippen LogP contribution in [0.5, 0.6) is 0 Å². The number of nitrogens with two attached hydrogens (primary N) is 1. The van der Waals surface area contributed by atoms with Gasteiger partial charge in [0.2, 0.25) is 0 Å². The first-order valence-electron chi connectivity index (χ1n) is 5.54. The van der Waals surface area contributed by atoms with Crippen molar-refractivity contribution >= 4 is 22.4 Å². The van der Waals surface area contributed by atoms with Crippen LogP contribution in [0.1, 0.15) is 22.8 Å². The summed E-state index contributed by atoms with van der Waals surface area (Å²) in [5.41, 5.74) is 7.72. The highest BCUT2D eigenvalue weighted by Gasteiger charge is 2.09. The van der Waals surface area contributed by atoms with Crippen molar-refractivity contribution in [2.75, 3.05) is 23.8 Å². The molecule has 4 nitrogen and oxygen atoms in total. The second-order valence-corrected chi connectivity index (χ2v) is 5.64. The first-order valence-corrected chi connectivity index (χ1v) is 7.02. The van der Waals surface area contributed by atoms with E-state index in [1.807, 2.05) is 19.9 Å². The van der Waals surface area contributed by atoms with Crippen LogP contribution in [0.4, 0.5) is 5.69 Å². The Morgan fingerprint density at radius 2 is 2.18 bits per heavy atom. The monoisotopic (exact) mass is 254 g/mol. The largest absolute Gasteiger partial charge is 0.398 e. The number of rotatable bonds is 5. The molecule has 0 bridgehead atoms. The lowest BCUT2D eigenvalue weighted by Crippen LogP contribution is -2.28. The topological polar surface area (TPSA) is 72.2 Å². The number of hydrogen-bond acceptors (Lipinski definition) is 3. The number of carbonyl (C=O) groups is 1. The SMILES string of the molecule is CCS(=O)CCNC(=O)c1ccc(C)cc1N. The van der Waals surface area contributed by atoms with Crippen LogP contribution in [0.2, 0.25) is 0 Å². The van der Waals surface area contributed by atoms with Crippen LogP contribution < -0.4 is 11.1 Å². The van der Waals surface area contributed by atoms with E-state index in [2.05, 4.69) is 5.32 Å². The second-order valence-electron chi connectivity index (χ2n) is 3.78. The summed E-state index contributed by atoms with van der Waals surface area (Å²) in [6, 6.07) is 5.31. The Balaban J connectivity index is 2.55. The van der Waals surface area contributed by atoms with Crippen LogP contribution in [-0.4, -0.2) is 28.2 Å². The molecule has 0 aromatic heterocycles. The van der Waals surface area contributed by atoms with Gasteiger partial charge in [0.25, 0.3) is 5.91 Å². The molecule has 0 aliphatic heterocycles. The maximum absolute atomic E-state index is 11.8. The molecular weight excluding hydrogens is 236 g/mol. The molecule has 0 heterocycles. The molecule has 0 saturated heterocycles. The third-order valence-electron chi connectivity index (χ3n) is 2.39. The number of nitrogen functional groups attached to an aromatic ring is 1. The van der Waals surface area contributed by atoms with E-state index in [0.29, 0.717) is 29.3 Å². The average Bonchev–Trinajstić information content (AvgIpc) is 2.28. The van der Waals surface area contributed by atoms with Crippen LogP contribution in [0.25, 0.3) is 0 Å². The van der Waals surface area contributed by atoms with E-state index in [9.17, 15) is 9.00 Å². The van der Waals surface area contributed by atoms with Crippen molar-refractivity contribution in [1.29, 1.82) is 0 Å². The highest BCUT2D eigenvalue weighted by molar-refractivity contribution is 7.84. The Morgan fingerprint density at radius 1 is 1.47 bits per heavy atom. The van der Waals surface area contributed by atoms with E-state index in [-0.39, 0.29) is 5.91 Å². The van der Waals surface area contributed by atoms with E-state index in [0.717, 1.165) is 5.56 Å². The molecule has 0 aliphatic rings. The van der Waals surface area contributed by atoms with Crippen molar-refractivity contribution in [3.63, 3.8) is 0 Å². The van der Waals surface area contributed by atoms with Gasteiger partial charge in [-0.15, -0.1) is 0 Å². The van der Waals surface area contributed by atoms with Crippen LogP contribution in [0, 0.1) is 6.92 Å². The van der Waals surface area contributed by atoms with Crippen LogP contribution >= 0.6 is 0 Å². The molecule has 5 heteroatoms. The fourth-order valence-electron chi connectivity index (χ4n) is 1.41. The molecule has 94 valence electrons. The summed E-state index contributed by atoms with van der Waals surface area (Å²) in [7, 11) is -0.855. The van der Waals surface area contributed by atoms with Gasteiger partial charge in [-0.25, -0.2) is 0 Å². The molecule has 1 unspecified atom stereocenters. The number of hydrogen-bond donors (Lipinski definition) is 2. The zero-order valence-electron chi connectivity index (χ0n) is 10.2. The van der Waals surface area contributed by atoms with Crippen molar-refractivity contribution in [3.8, 4) is 0 Å². The van der Waals surface area contributed by atoms with Gasteiger partial charge >= 0.3 is 0 Å². The van der Waals surface area contributed by atoms with E-state index in [1.165, 1.54) is 0 Å². The number of nitrogens with one attached hydrogen (secondary N) is 1. The van der Waals surface area contributed by atoms with Crippen molar-refractivity contribution in [3.05, 3.63) is 29.3 Å². The maximum Gasteiger partial charge on any atom is 0.253 e. The minimum atomic E-state index is -0.855. The van der Waals surface area contributed by atoms with Gasteiger partial charge in [-0.2, -0.15) is 0 Å². The molecule has 1 rings (SSSR count). The summed E-state index contributed by atoms with van der Waals surface area (Å²) in [5, 5.41) is 2.71. The molecule has 1 aromatic carbocycles. The quantitative estimate of drug-likeness (QED) is 0.772. The Kier molecular flexibility index (Phi) is 5.15. The number of aryl methyl sites for hydroxylation is 1. The van der Waals surface area contributed by atoms with Crippen LogP contribution in [0.15, 0.2) is 18.2 Å². The standard InChI is InChI=1S/C12H18N2O2S/c1-3-17(16)7-6-14-12(15)10-5-4-9(2)8-11(10)13/h4-5,8H,3,6-7,13H2,1-2H3,(H,14,15). The first-order chi connectivity index (χ1) is 8.04. The van der Waals surface area contributed by atoms with Crippen molar-refractivity contribution < 1.29 is 9.00 Å². The second kappa shape index (κ2) is 6.39. The molecule has 0 radical (unpaired) electrons. The third-order valence-corrected chi connectivity index (χ3v) is 3.69. The van der Waals surface area contributed by atoms with Crippen LogP contribution in [0.3, 0.4) is 0 Å². The number of carbonyl (C=O) groups excluding carboxylic acids is 1. The highest BCUT2D eigenvalue weighted by Crippen LogP contribution is 2.13. The molecule has 3 N–H and O–H groups in total. The summed E-state index contributed by atoms with van der Waals surface area (Å²) in [6.45, 7) is 4.19. The predicted octanol–water partition coefficient (Wildman–Crippen LogP) is 1.08. The maximum atomic E-state index is 11.8. The van der Waals surface area contributed by atoms with Gasteiger partial charge in [-0.3, -0.25) is 9.00 Å². The van der Waals surface area contributed by atoms with Crippen molar-refractivity contribution in [2.24, 2.45) is 0 Å². The molecule has 1 aromatic rings.